The summed E-state index contributed by atoms with van der Waals surface area (Å²) in [5.41, 5.74) is 3.73. The van der Waals surface area contributed by atoms with Crippen LogP contribution in [0.5, 0.6) is 0 Å². The Morgan fingerprint density at radius 1 is 1.25 bits per heavy atom. The van der Waals surface area contributed by atoms with Crippen molar-refractivity contribution >= 4 is 10.8 Å². The molecule has 1 nitrogen and oxygen atoms in total. The zero-order valence-electron chi connectivity index (χ0n) is 7.76. The molecule has 0 aliphatic rings. The van der Waals surface area contributed by atoms with E-state index in [0.717, 1.165) is 0 Å². The molecule has 0 amide bonds. The predicted molar refractivity (Wildman–Crippen MR) is 53.7 cm³/mol. The minimum absolute atomic E-state index is 0.668. The second kappa shape index (κ2) is 3.85. The van der Waals surface area contributed by atoms with Crippen LogP contribution in [0.15, 0.2) is 18.2 Å². The van der Waals surface area contributed by atoms with Crippen LogP contribution in [0.3, 0.4) is 0 Å². The molecule has 0 aliphatic carbocycles. The fourth-order valence-corrected chi connectivity index (χ4v) is 1.78. The summed E-state index contributed by atoms with van der Waals surface area (Å²) in [6.07, 6.45) is 1.73. The summed E-state index contributed by atoms with van der Waals surface area (Å²) in [7, 11) is -0.731. The summed E-state index contributed by atoms with van der Waals surface area (Å²) in [6, 6.07) is 6.23. The van der Waals surface area contributed by atoms with Crippen molar-refractivity contribution < 1.29 is 4.21 Å². The number of rotatable bonds is 2. The number of hydrogen-bond donors (Lipinski definition) is 0. The topological polar surface area (TPSA) is 17.1 Å². The Bertz CT molecular complexity index is 305. The van der Waals surface area contributed by atoms with E-state index in [1.54, 1.807) is 6.26 Å². The molecule has 12 heavy (non-hydrogen) atoms. The summed E-state index contributed by atoms with van der Waals surface area (Å²) in [4.78, 5) is 0. The van der Waals surface area contributed by atoms with Crippen LogP contribution in [0.4, 0.5) is 0 Å². The SMILES string of the molecule is Cc1ccc(CS(C)=O)cc1C. The van der Waals surface area contributed by atoms with Gasteiger partial charge in [-0.2, -0.15) is 0 Å². The summed E-state index contributed by atoms with van der Waals surface area (Å²) < 4.78 is 10.9. The van der Waals surface area contributed by atoms with Gasteiger partial charge in [-0.1, -0.05) is 18.2 Å². The van der Waals surface area contributed by atoms with Gasteiger partial charge in [-0.05, 0) is 30.5 Å². The maximum Gasteiger partial charge on any atom is 0.0482 e. The standard InChI is InChI=1S/C10H14OS/c1-8-4-5-10(6-9(8)2)7-12(3)11/h4-6H,7H2,1-3H3. The third-order valence-corrected chi connectivity index (χ3v) is 2.68. The van der Waals surface area contributed by atoms with Crippen LogP contribution in [0.25, 0.3) is 0 Å². The molecule has 0 aliphatic heterocycles. The Kier molecular flexibility index (Phi) is 3.04. The first-order chi connectivity index (χ1) is 5.59. The zero-order chi connectivity index (χ0) is 9.14. The van der Waals surface area contributed by atoms with E-state index < -0.39 is 10.8 Å². The molecular formula is C10H14OS. The molecule has 0 N–H and O–H groups in total. The lowest BCUT2D eigenvalue weighted by molar-refractivity contribution is 0.686. The van der Waals surface area contributed by atoms with Gasteiger partial charge in [-0.3, -0.25) is 4.21 Å². The first kappa shape index (κ1) is 9.46. The molecule has 0 aromatic heterocycles. The van der Waals surface area contributed by atoms with Crippen molar-refractivity contribution in [3.63, 3.8) is 0 Å². The van der Waals surface area contributed by atoms with Gasteiger partial charge >= 0.3 is 0 Å². The van der Waals surface area contributed by atoms with E-state index in [1.165, 1.54) is 16.7 Å². The minimum Gasteiger partial charge on any atom is -0.260 e. The second-order valence-electron chi connectivity index (χ2n) is 3.14. The van der Waals surface area contributed by atoms with E-state index in [4.69, 9.17) is 0 Å². The van der Waals surface area contributed by atoms with Gasteiger partial charge in [0.2, 0.25) is 0 Å². The van der Waals surface area contributed by atoms with Gasteiger partial charge in [0.05, 0.1) is 0 Å². The van der Waals surface area contributed by atoms with E-state index in [9.17, 15) is 4.21 Å². The lowest BCUT2D eigenvalue weighted by Gasteiger charge is -2.02. The predicted octanol–water partition coefficient (Wildman–Crippen LogP) is 2.18. The molecule has 0 spiro atoms. The minimum atomic E-state index is -0.731. The van der Waals surface area contributed by atoms with E-state index in [-0.39, 0.29) is 0 Å². The third-order valence-electron chi connectivity index (χ3n) is 1.94. The third kappa shape index (κ3) is 2.45. The van der Waals surface area contributed by atoms with Crippen molar-refractivity contribution in [2.75, 3.05) is 6.26 Å². The highest BCUT2D eigenvalue weighted by Gasteiger charge is 1.97. The smallest absolute Gasteiger partial charge is 0.0482 e. The van der Waals surface area contributed by atoms with Gasteiger partial charge in [-0.25, -0.2) is 0 Å². The van der Waals surface area contributed by atoms with Crippen LogP contribution in [-0.4, -0.2) is 10.5 Å². The lowest BCUT2D eigenvalue weighted by Crippen LogP contribution is -1.93. The quantitative estimate of drug-likeness (QED) is 0.685. The average molecular weight is 182 g/mol. The van der Waals surface area contributed by atoms with Crippen LogP contribution >= 0.6 is 0 Å². The van der Waals surface area contributed by atoms with Crippen molar-refractivity contribution in [3.05, 3.63) is 34.9 Å². The van der Waals surface area contributed by atoms with Gasteiger partial charge in [-0.15, -0.1) is 0 Å². The molecule has 0 saturated heterocycles. The molecule has 1 unspecified atom stereocenters. The van der Waals surface area contributed by atoms with Gasteiger partial charge < -0.3 is 0 Å². The number of benzene rings is 1. The fraction of sp³-hybridized carbons (Fsp3) is 0.400. The van der Waals surface area contributed by atoms with Gasteiger partial charge in [0.15, 0.2) is 0 Å². The Morgan fingerprint density at radius 2 is 1.92 bits per heavy atom. The fourth-order valence-electron chi connectivity index (χ4n) is 1.13. The molecule has 2 heteroatoms. The Balaban J connectivity index is 2.89. The van der Waals surface area contributed by atoms with Crippen molar-refractivity contribution in [3.8, 4) is 0 Å². The molecule has 0 fully saturated rings. The first-order valence-corrected chi connectivity index (χ1v) is 5.68. The van der Waals surface area contributed by atoms with Crippen LogP contribution < -0.4 is 0 Å². The number of hydrogen-bond acceptors (Lipinski definition) is 1. The maximum absolute atomic E-state index is 10.9. The molecule has 0 saturated carbocycles. The lowest BCUT2D eigenvalue weighted by atomic mass is 10.1. The molecular weight excluding hydrogens is 168 g/mol. The second-order valence-corrected chi connectivity index (χ2v) is 4.57. The van der Waals surface area contributed by atoms with E-state index in [2.05, 4.69) is 26.0 Å². The first-order valence-electron chi connectivity index (χ1n) is 3.96. The van der Waals surface area contributed by atoms with Crippen LogP contribution in [-0.2, 0) is 16.6 Å². The highest BCUT2D eigenvalue weighted by Crippen LogP contribution is 2.10. The van der Waals surface area contributed by atoms with Gasteiger partial charge in [0, 0.05) is 22.8 Å². The molecule has 66 valence electrons. The van der Waals surface area contributed by atoms with E-state index in [1.807, 2.05) is 6.07 Å². The Morgan fingerprint density at radius 3 is 2.42 bits per heavy atom. The van der Waals surface area contributed by atoms with E-state index in [0.29, 0.717) is 5.75 Å². The van der Waals surface area contributed by atoms with Crippen molar-refractivity contribution in [2.24, 2.45) is 0 Å². The maximum atomic E-state index is 10.9. The highest BCUT2D eigenvalue weighted by molar-refractivity contribution is 7.83. The zero-order valence-corrected chi connectivity index (χ0v) is 8.57. The van der Waals surface area contributed by atoms with Crippen molar-refractivity contribution in [1.82, 2.24) is 0 Å². The molecule has 1 atom stereocenters. The van der Waals surface area contributed by atoms with Gasteiger partial charge in [0.1, 0.15) is 0 Å². The highest BCUT2D eigenvalue weighted by atomic mass is 32.2. The van der Waals surface area contributed by atoms with E-state index >= 15 is 0 Å². The largest absolute Gasteiger partial charge is 0.260 e. The monoisotopic (exact) mass is 182 g/mol. The summed E-state index contributed by atoms with van der Waals surface area (Å²) >= 11 is 0. The molecule has 0 bridgehead atoms. The molecule has 1 rings (SSSR count). The normalized spacial score (nSPS) is 12.9. The molecule has 0 radical (unpaired) electrons. The molecule has 1 aromatic rings. The molecule has 1 aromatic carbocycles. The summed E-state index contributed by atoms with van der Waals surface area (Å²) in [5, 5.41) is 0. The van der Waals surface area contributed by atoms with Crippen LogP contribution in [0.2, 0.25) is 0 Å². The summed E-state index contributed by atoms with van der Waals surface area (Å²) in [6.45, 7) is 4.17. The van der Waals surface area contributed by atoms with Crippen LogP contribution in [0, 0.1) is 13.8 Å². The number of aryl methyl sites for hydroxylation is 2. The Hall–Kier alpha value is -0.630. The van der Waals surface area contributed by atoms with Crippen molar-refractivity contribution in [1.29, 1.82) is 0 Å². The molecule has 0 heterocycles. The van der Waals surface area contributed by atoms with Gasteiger partial charge in [0.25, 0.3) is 0 Å². The Labute approximate surface area is 76.3 Å². The van der Waals surface area contributed by atoms with Crippen LogP contribution in [0.1, 0.15) is 16.7 Å². The summed E-state index contributed by atoms with van der Waals surface area (Å²) in [5.74, 6) is 0.668. The average Bonchev–Trinajstić information content (AvgIpc) is 1.96. The van der Waals surface area contributed by atoms with Crippen molar-refractivity contribution in [2.45, 2.75) is 19.6 Å².